The Bertz CT molecular complexity index is 2010. The molecule has 0 aliphatic heterocycles. The number of rotatable bonds is 10. The molecule has 0 spiro atoms. The third kappa shape index (κ3) is 6.94. The standard InChI is InChI=1S/C35H32BrFN4O5/c1-20(2)27-17-28(21(3)14-30(27)44-4)34-40-29-9-7-6-8-26(29)35(43)41(34)38-18-22-15-23(36)16-31(45-5)33(22)46-19-32(42)39-25-12-10-24(37)11-13-25/h6-18,20H,19H2,1-5H3,(H,39,42). The highest BCUT2D eigenvalue weighted by atomic mass is 79.9. The van der Waals surface area contributed by atoms with Gasteiger partial charge in [0.2, 0.25) is 0 Å². The van der Waals surface area contributed by atoms with Gasteiger partial charge in [-0.15, -0.1) is 0 Å². The van der Waals surface area contributed by atoms with Crippen LogP contribution in [0.15, 0.2) is 87.2 Å². The van der Waals surface area contributed by atoms with E-state index in [2.05, 4.69) is 40.2 Å². The minimum Gasteiger partial charge on any atom is -0.496 e. The molecule has 5 rings (SSSR count). The number of hydrogen-bond acceptors (Lipinski definition) is 7. The lowest BCUT2D eigenvalue weighted by Gasteiger charge is -2.17. The predicted molar refractivity (Wildman–Crippen MR) is 181 cm³/mol. The molecule has 1 heterocycles. The minimum atomic E-state index is -0.465. The van der Waals surface area contributed by atoms with E-state index in [-0.39, 0.29) is 23.8 Å². The predicted octanol–water partition coefficient (Wildman–Crippen LogP) is 7.31. The van der Waals surface area contributed by atoms with Gasteiger partial charge in [-0.05, 0) is 84.6 Å². The fourth-order valence-electron chi connectivity index (χ4n) is 4.95. The number of aromatic nitrogens is 2. The lowest BCUT2D eigenvalue weighted by molar-refractivity contribution is -0.118. The van der Waals surface area contributed by atoms with Crippen LogP contribution in [-0.2, 0) is 4.79 Å². The largest absolute Gasteiger partial charge is 0.496 e. The summed E-state index contributed by atoms with van der Waals surface area (Å²) in [7, 11) is 3.11. The first-order chi connectivity index (χ1) is 22.1. The number of halogens is 2. The lowest BCUT2D eigenvalue weighted by atomic mass is 9.96. The van der Waals surface area contributed by atoms with Gasteiger partial charge in [-0.25, -0.2) is 9.37 Å². The number of para-hydroxylation sites is 1. The molecule has 0 bridgehead atoms. The second-order valence-electron chi connectivity index (χ2n) is 10.7. The van der Waals surface area contributed by atoms with Gasteiger partial charge in [-0.1, -0.05) is 41.9 Å². The van der Waals surface area contributed by atoms with Crippen LogP contribution in [0.4, 0.5) is 10.1 Å². The summed E-state index contributed by atoms with van der Waals surface area (Å²) < 4.78 is 32.3. The quantitative estimate of drug-likeness (QED) is 0.155. The van der Waals surface area contributed by atoms with E-state index < -0.39 is 11.7 Å². The first-order valence-electron chi connectivity index (χ1n) is 14.4. The molecule has 0 radical (unpaired) electrons. The Morgan fingerprint density at radius 2 is 1.76 bits per heavy atom. The van der Waals surface area contributed by atoms with Crippen molar-refractivity contribution in [3.63, 3.8) is 0 Å². The zero-order chi connectivity index (χ0) is 33.0. The van der Waals surface area contributed by atoms with Gasteiger partial charge in [0.05, 0.1) is 31.3 Å². The average Bonchev–Trinajstić information content (AvgIpc) is 3.04. The molecule has 236 valence electrons. The van der Waals surface area contributed by atoms with Gasteiger partial charge in [0.1, 0.15) is 11.6 Å². The van der Waals surface area contributed by atoms with E-state index in [1.165, 1.54) is 42.3 Å². The number of aryl methyl sites for hydroxylation is 1. The molecule has 0 atom stereocenters. The van der Waals surface area contributed by atoms with Crippen molar-refractivity contribution < 1.29 is 23.4 Å². The van der Waals surface area contributed by atoms with Crippen molar-refractivity contribution in [1.82, 2.24) is 9.66 Å². The summed E-state index contributed by atoms with van der Waals surface area (Å²) in [6.07, 6.45) is 1.46. The summed E-state index contributed by atoms with van der Waals surface area (Å²) >= 11 is 3.49. The molecule has 0 fully saturated rings. The van der Waals surface area contributed by atoms with Gasteiger partial charge in [-0.3, -0.25) is 9.59 Å². The van der Waals surface area contributed by atoms with Crippen LogP contribution in [0.1, 0.15) is 36.5 Å². The Hall–Kier alpha value is -5.03. The zero-order valence-electron chi connectivity index (χ0n) is 25.9. The highest BCUT2D eigenvalue weighted by molar-refractivity contribution is 9.10. The minimum absolute atomic E-state index is 0.146. The van der Waals surface area contributed by atoms with Crippen LogP contribution in [0.3, 0.4) is 0 Å². The van der Waals surface area contributed by atoms with Gasteiger partial charge >= 0.3 is 0 Å². The third-order valence-electron chi connectivity index (χ3n) is 7.25. The van der Waals surface area contributed by atoms with E-state index in [4.69, 9.17) is 19.2 Å². The highest BCUT2D eigenvalue weighted by Gasteiger charge is 2.19. The molecule has 9 nitrogen and oxygen atoms in total. The van der Waals surface area contributed by atoms with E-state index in [9.17, 15) is 14.0 Å². The number of anilines is 1. The normalized spacial score (nSPS) is 11.3. The number of fused-ring (bicyclic) bond motifs is 1. The smallest absolute Gasteiger partial charge is 0.282 e. The van der Waals surface area contributed by atoms with Crippen LogP contribution in [0.5, 0.6) is 17.2 Å². The molecule has 0 aliphatic rings. The summed E-state index contributed by atoms with van der Waals surface area (Å²) in [6.45, 7) is 5.69. The monoisotopic (exact) mass is 686 g/mol. The fraction of sp³-hybridized carbons (Fsp3) is 0.200. The van der Waals surface area contributed by atoms with E-state index in [1.807, 2.05) is 25.1 Å². The van der Waals surface area contributed by atoms with Crippen molar-refractivity contribution in [3.05, 3.63) is 110 Å². The molecule has 0 aliphatic carbocycles. The van der Waals surface area contributed by atoms with Crippen molar-refractivity contribution in [2.45, 2.75) is 26.7 Å². The first kappa shape index (κ1) is 32.4. The summed E-state index contributed by atoms with van der Waals surface area (Å²) in [4.78, 5) is 31.5. The Labute approximate surface area is 273 Å². The number of nitrogens with zero attached hydrogens (tertiary/aromatic N) is 3. The van der Waals surface area contributed by atoms with Gasteiger partial charge in [0.25, 0.3) is 11.5 Å². The summed E-state index contributed by atoms with van der Waals surface area (Å²) in [5, 5.41) is 7.70. The molecule has 5 aromatic rings. The maximum atomic E-state index is 13.9. The second kappa shape index (κ2) is 13.9. The summed E-state index contributed by atoms with van der Waals surface area (Å²) in [5.74, 6) is 0.937. The topological polar surface area (TPSA) is 104 Å². The van der Waals surface area contributed by atoms with Crippen molar-refractivity contribution in [3.8, 4) is 28.6 Å². The van der Waals surface area contributed by atoms with Crippen LogP contribution in [-0.4, -0.2) is 42.6 Å². The Morgan fingerprint density at radius 3 is 2.46 bits per heavy atom. The molecule has 1 N–H and O–H groups in total. The fourth-order valence-corrected chi connectivity index (χ4v) is 5.41. The van der Waals surface area contributed by atoms with Crippen LogP contribution >= 0.6 is 15.9 Å². The van der Waals surface area contributed by atoms with Gasteiger partial charge < -0.3 is 19.5 Å². The number of carbonyl (C=O) groups excluding carboxylic acids is 1. The lowest BCUT2D eigenvalue weighted by Crippen LogP contribution is -2.21. The van der Waals surface area contributed by atoms with Crippen molar-refractivity contribution >= 4 is 44.6 Å². The average molecular weight is 688 g/mol. The van der Waals surface area contributed by atoms with E-state index in [1.54, 1.807) is 37.4 Å². The van der Waals surface area contributed by atoms with E-state index >= 15 is 0 Å². The number of hydrogen-bond donors (Lipinski definition) is 1. The van der Waals surface area contributed by atoms with Crippen molar-refractivity contribution in [2.24, 2.45) is 5.10 Å². The number of methoxy groups -OCH3 is 2. The maximum Gasteiger partial charge on any atom is 0.282 e. The molecule has 1 aromatic heterocycles. The van der Waals surface area contributed by atoms with Crippen LogP contribution in [0.2, 0.25) is 0 Å². The number of ether oxygens (including phenoxy) is 3. The molecule has 4 aromatic carbocycles. The molecule has 46 heavy (non-hydrogen) atoms. The summed E-state index contributed by atoms with van der Waals surface area (Å²) in [6, 6.07) is 19.8. The van der Waals surface area contributed by atoms with Crippen LogP contribution in [0.25, 0.3) is 22.3 Å². The number of amides is 1. The maximum absolute atomic E-state index is 13.9. The number of benzene rings is 4. The van der Waals surface area contributed by atoms with Crippen molar-refractivity contribution in [1.29, 1.82) is 0 Å². The second-order valence-corrected chi connectivity index (χ2v) is 11.7. The number of nitrogens with one attached hydrogen (secondary N) is 1. The Kier molecular flexibility index (Phi) is 9.81. The van der Waals surface area contributed by atoms with Crippen LogP contribution < -0.4 is 25.1 Å². The molecule has 0 saturated carbocycles. The van der Waals surface area contributed by atoms with Crippen LogP contribution in [0, 0.1) is 12.7 Å². The molecule has 11 heteroatoms. The third-order valence-corrected chi connectivity index (χ3v) is 7.71. The zero-order valence-corrected chi connectivity index (χ0v) is 27.5. The first-order valence-corrected chi connectivity index (χ1v) is 15.2. The molecular weight excluding hydrogens is 655 g/mol. The van der Waals surface area contributed by atoms with Gasteiger partial charge in [-0.2, -0.15) is 9.78 Å². The highest BCUT2D eigenvalue weighted by Crippen LogP contribution is 2.36. The molecular formula is C35H32BrFN4O5. The molecule has 1 amide bonds. The molecule has 0 unspecified atom stereocenters. The van der Waals surface area contributed by atoms with Crippen molar-refractivity contribution in [2.75, 3.05) is 26.1 Å². The Balaban J connectivity index is 1.59. The number of carbonyl (C=O) groups is 1. The van der Waals surface area contributed by atoms with Gasteiger partial charge in [0, 0.05) is 21.3 Å². The van der Waals surface area contributed by atoms with E-state index in [0.717, 1.165) is 22.4 Å². The Morgan fingerprint density at radius 1 is 1.04 bits per heavy atom. The molecule has 0 saturated heterocycles. The SMILES string of the molecule is COc1cc(C)c(-c2nc3ccccc3c(=O)n2N=Cc2cc(Br)cc(OC)c2OCC(=O)Nc2ccc(F)cc2)cc1C(C)C. The van der Waals surface area contributed by atoms with E-state index in [0.29, 0.717) is 38.2 Å². The van der Waals surface area contributed by atoms with Gasteiger partial charge in [0.15, 0.2) is 23.9 Å². The summed E-state index contributed by atoms with van der Waals surface area (Å²) in [5.41, 5.74) is 3.58.